The largest absolute Gasteiger partial charge is 0.298 e. The van der Waals surface area contributed by atoms with Gasteiger partial charge in [0.05, 0.1) is 17.6 Å². The summed E-state index contributed by atoms with van der Waals surface area (Å²) in [7, 11) is -3.43. The number of nitrogens with one attached hydrogen (secondary N) is 2. The molecule has 0 saturated heterocycles. The highest BCUT2D eigenvalue weighted by atomic mass is 32.2. The summed E-state index contributed by atoms with van der Waals surface area (Å²) in [6.45, 7) is 6.06. The Labute approximate surface area is 175 Å². The minimum atomic E-state index is -3.43. The fraction of sp³-hybridized carbons (Fsp3) is 0.238. The van der Waals surface area contributed by atoms with Crippen molar-refractivity contribution in [3.8, 4) is 11.3 Å². The maximum absolute atomic E-state index is 12.6. The van der Waals surface area contributed by atoms with Crippen LogP contribution in [0.1, 0.15) is 41.3 Å². The average molecular weight is 430 g/mol. The maximum Gasteiger partial charge on any atom is 0.257 e. The third-order valence-corrected chi connectivity index (χ3v) is 5.74. The van der Waals surface area contributed by atoms with Crippen LogP contribution >= 0.6 is 11.3 Å². The molecule has 0 spiro atoms. The van der Waals surface area contributed by atoms with E-state index in [4.69, 9.17) is 0 Å². The van der Waals surface area contributed by atoms with E-state index < -0.39 is 10.0 Å². The lowest BCUT2D eigenvalue weighted by atomic mass is 10.0. The van der Waals surface area contributed by atoms with Crippen molar-refractivity contribution in [1.82, 2.24) is 4.98 Å². The Morgan fingerprint density at radius 3 is 2.41 bits per heavy atom. The Balaban J connectivity index is 1.76. The molecule has 0 bridgehead atoms. The van der Waals surface area contributed by atoms with E-state index in [1.54, 1.807) is 19.1 Å². The van der Waals surface area contributed by atoms with Gasteiger partial charge in [0.2, 0.25) is 10.0 Å². The molecule has 0 fully saturated rings. The molecular formula is C21H23N3O3S2. The zero-order valence-electron chi connectivity index (χ0n) is 16.7. The van der Waals surface area contributed by atoms with Gasteiger partial charge in [-0.2, -0.15) is 0 Å². The number of carbonyl (C=O) groups is 1. The summed E-state index contributed by atoms with van der Waals surface area (Å²) in [5.74, 6) is 0.114. The molecule has 0 aliphatic carbocycles. The quantitative estimate of drug-likeness (QED) is 0.585. The van der Waals surface area contributed by atoms with Crippen molar-refractivity contribution in [2.24, 2.45) is 0 Å². The van der Waals surface area contributed by atoms with E-state index in [1.807, 2.05) is 17.5 Å². The zero-order valence-corrected chi connectivity index (χ0v) is 18.3. The van der Waals surface area contributed by atoms with Crippen LogP contribution in [0.15, 0.2) is 47.8 Å². The van der Waals surface area contributed by atoms with Gasteiger partial charge in [0.1, 0.15) is 0 Å². The predicted molar refractivity (Wildman–Crippen MR) is 119 cm³/mol. The molecule has 1 heterocycles. The van der Waals surface area contributed by atoms with Gasteiger partial charge in [-0.1, -0.05) is 44.2 Å². The Kier molecular flexibility index (Phi) is 6.04. The van der Waals surface area contributed by atoms with Gasteiger partial charge < -0.3 is 0 Å². The molecule has 1 amide bonds. The molecule has 2 N–H and O–H groups in total. The topological polar surface area (TPSA) is 88.2 Å². The number of hydrogen-bond acceptors (Lipinski definition) is 5. The van der Waals surface area contributed by atoms with Gasteiger partial charge in [0.15, 0.2) is 5.13 Å². The van der Waals surface area contributed by atoms with Crippen molar-refractivity contribution in [3.05, 3.63) is 64.5 Å². The molecule has 152 valence electrons. The van der Waals surface area contributed by atoms with Crippen LogP contribution in [0.4, 0.5) is 10.8 Å². The van der Waals surface area contributed by atoms with Gasteiger partial charge in [-0.25, -0.2) is 13.4 Å². The summed E-state index contributed by atoms with van der Waals surface area (Å²) in [6.07, 6.45) is 1.07. The second kappa shape index (κ2) is 8.34. The number of hydrogen-bond donors (Lipinski definition) is 2. The monoisotopic (exact) mass is 429 g/mol. The molecule has 0 saturated carbocycles. The lowest BCUT2D eigenvalue weighted by Gasteiger charge is -2.09. The molecule has 6 nitrogen and oxygen atoms in total. The number of aromatic nitrogens is 1. The molecule has 29 heavy (non-hydrogen) atoms. The van der Waals surface area contributed by atoms with Gasteiger partial charge in [-0.3, -0.25) is 14.8 Å². The maximum atomic E-state index is 12.6. The molecule has 0 unspecified atom stereocenters. The summed E-state index contributed by atoms with van der Waals surface area (Å²) in [4.78, 5) is 17.1. The number of anilines is 2. The van der Waals surface area contributed by atoms with Crippen LogP contribution in [-0.4, -0.2) is 25.6 Å². The van der Waals surface area contributed by atoms with Crippen molar-refractivity contribution >= 4 is 38.1 Å². The Hall–Kier alpha value is -2.71. The first-order valence-corrected chi connectivity index (χ1v) is 11.8. The lowest BCUT2D eigenvalue weighted by molar-refractivity contribution is 0.102. The number of carbonyl (C=O) groups excluding carboxylic acids is 1. The van der Waals surface area contributed by atoms with Crippen LogP contribution in [0.3, 0.4) is 0 Å². The van der Waals surface area contributed by atoms with Gasteiger partial charge in [0.25, 0.3) is 5.91 Å². The SMILES string of the molecule is Cc1ccc(C(=O)Nc2nc(-c3ccc(C(C)C)cc3)cs2)cc1NS(C)(=O)=O. The molecule has 0 atom stereocenters. The van der Waals surface area contributed by atoms with Crippen molar-refractivity contribution in [1.29, 1.82) is 0 Å². The van der Waals surface area contributed by atoms with E-state index in [0.29, 0.717) is 22.3 Å². The normalized spacial score (nSPS) is 11.5. The number of thiazole rings is 1. The zero-order chi connectivity index (χ0) is 21.2. The fourth-order valence-electron chi connectivity index (χ4n) is 2.74. The highest BCUT2D eigenvalue weighted by Crippen LogP contribution is 2.27. The third-order valence-electron chi connectivity index (χ3n) is 4.39. The molecule has 2 aromatic carbocycles. The highest BCUT2D eigenvalue weighted by Gasteiger charge is 2.13. The van der Waals surface area contributed by atoms with Crippen LogP contribution in [0.5, 0.6) is 0 Å². The van der Waals surface area contributed by atoms with E-state index in [9.17, 15) is 13.2 Å². The number of sulfonamides is 1. The van der Waals surface area contributed by atoms with Gasteiger partial charge in [-0.05, 0) is 36.1 Å². The Morgan fingerprint density at radius 1 is 1.10 bits per heavy atom. The van der Waals surface area contributed by atoms with E-state index in [1.165, 1.54) is 23.0 Å². The highest BCUT2D eigenvalue weighted by molar-refractivity contribution is 7.92. The second-order valence-corrected chi connectivity index (χ2v) is 9.78. The number of amides is 1. The molecule has 0 aliphatic rings. The first-order valence-electron chi connectivity index (χ1n) is 9.08. The summed E-state index contributed by atoms with van der Waals surface area (Å²) in [6, 6.07) is 13.1. The van der Waals surface area contributed by atoms with Crippen LogP contribution in [0.25, 0.3) is 11.3 Å². The van der Waals surface area contributed by atoms with Gasteiger partial charge >= 0.3 is 0 Å². The summed E-state index contributed by atoms with van der Waals surface area (Å²) >= 11 is 1.34. The third kappa shape index (κ3) is 5.42. The minimum absolute atomic E-state index is 0.347. The van der Waals surface area contributed by atoms with Crippen molar-refractivity contribution in [2.75, 3.05) is 16.3 Å². The smallest absolute Gasteiger partial charge is 0.257 e. The molecular weight excluding hydrogens is 406 g/mol. The van der Waals surface area contributed by atoms with Crippen LogP contribution in [0, 0.1) is 6.92 Å². The second-order valence-electron chi connectivity index (χ2n) is 7.17. The van der Waals surface area contributed by atoms with Crippen LogP contribution < -0.4 is 10.0 Å². The first kappa shape index (κ1) is 21.0. The summed E-state index contributed by atoms with van der Waals surface area (Å²) in [5, 5.41) is 5.16. The Morgan fingerprint density at radius 2 is 1.79 bits per heavy atom. The summed E-state index contributed by atoms with van der Waals surface area (Å²) in [5.41, 5.74) is 4.50. The van der Waals surface area contributed by atoms with Gasteiger partial charge in [-0.15, -0.1) is 11.3 Å². The molecule has 3 rings (SSSR count). The minimum Gasteiger partial charge on any atom is -0.298 e. The molecule has 8 heteroatoms. The van der Waals surface area contributed by atoms with Crippen molar-refractivity contribution in [2.45, 2.75) is 26.7 Å². The average Bonchev–Trinajstić information content (AvgIpc) is 3.11. The molecule has 0 aliphatic heterocycles. The van der Waals surface area contributed by atoms with Gasteiger partial charge in [0, 0.05) is 16.5 Å². The van der Waals surface area contributed by atoms with Crippen LogP contribution in [-0.2, 0) is 10.0 Å². The Bertz CT molecular complexity index is 1130. The standard InChI is InChI=1S/C21H23N3O3S2/c1-13(2)15-7-9-16(10-8-15)19-12-28-21(22-19)23-20(25)17-6-5-14(3)18(11-17)24-29(4,26)27/h5-13,24H,1-4H3,(H,22,23,25). The number of benzene rings is 2. The molecule has 1 aromatic heterocycles. The first-order chi connectivity index (χ1) is 13.6. The fourth-order valence-corrected chi connectivity index (χ4v) is 4.08. The lowest BCUT2D eigenvalue weighted by Crippen LogP contribution is -2.14. The van der Waals surface area contributed by atoms with Crippen molar-refractivity contribution < 1.29 is 13.2 Å². The number of nitrogens with zero attached hydrogens (tertiary/aromatic N) is 1. The number of rotatable bonds is 6. The van der Waals surface area contributed by atoms with E-state index in [2.05, 4.69) is 41.0 Å². The molecule has 3 aromatic rings. The van der Waals surface area contributed by atoms with E-state index in [0.717, 1.165) is 23.1 Å². The predicted octanol–water partition coefficient (Wildman–Crippen LogP) is 4.87. The van der Waals surface area contributed by atoms with Crippen molar-refractivity contribution in [3.63, 3.8) is 0 Å². The summed E-state index contributed by atoms with van der Waals surface area (Å²) < 4.78 is 25.4. The van der Waals surface area contributed by atoms with Crippen LogP contribution in [0.2, 0.25) is 0 Å². The van der Waals surface area contributed by atoms with E-state index in [-0.39, 0.29) is 5.91 Å². The number of aryl methyl sites for hydroxylation is 1. The molecule has 0 radical (unpaired) electrons. The van der Waals surface area contributed by atoms with E-state index >= 15 is 0 Å².